The molecule has 3 rings (SSSR count). The second-order valence-corrected chi connectivity index (χ2v) is 11.4. The minimum Gasteiger partial charge on any atom is -0.483 e. The Morgan fingerprint density at radius 1 is 0.743 bits per heavy atom. The van der Waals surface area contributed by atoms with Crippen molar-refractivity contribution in [3.63, 3.8) is 0 Å². The Kier molecular flexibility index (Phi) is 8.06. The van der Waals surface area contributed by atoms with Crippen LogP contribution in [0.5, 0.6) is 5.75 Å². The lowest BCUT2D eigenvalue weighted by molar-refractivity contribution is -0.118. The summed E-state index contributed by atoms with van der Waals surface area (Å²) in [5, 5.41) is 5.69. The lowest BCUT2D eigenvalue weighted by Gasteiger charge is -2.20. The number of amides is 2. The molecule has 0 heterocycles. The quantitative estimate of drug-likeness (QED) is 0.346. The van der Waals surface area contributed by atoms with Crippen LogP contribution in [-0.2, 0) is 15.6 Å². The van der Waals surface area contributed by atoms with E-state index in [1.54, 1.807) is 24.3 Å². The second-order valence-electron chi connectivity index (χ2n) is 10.6. The number of halogens is 1. The van der Waals surface area contributed by atoms with Crippen molar-refractivity contribution in [1.82, 2.24) is 0 Å². The van der Waals surface area contributed by atoms with Crippen LogP contribution in [0.25, 0.3) is 0 Å². The Hall–Kier alpha value is -3.12. The summed E-state index contributed by atoms with van der Waals surface area (Å²) in [5.74, 6) is 0.160. The van der Waals surface area contributed by atoms with Crippen molar-refractivity contribution in [1.29, 1.82) is 0 Å². The molecule has 0 atom stereocenters. The van der Waals surface area contributed by atoms with Gasteiger partial charge < -0.3 is 15.4 Å². The number of ether oxygens (including phenoxy) is 1. The molecule has 0 radical (unpaired) electrons. The van der Waals surface area contributed by atoms with Crippen molar-refractivity contribution < 1.29 is 14.3 Å². The fourth-order valence-corrected chi connectivity index (χ4v) is 3.88. The van der Waals surface area contributed by atoms with Gasteiger partial charge in [-0.25, -0.2) is 0 Å². The van der Waals surface area contributed by atoms with Crippen molar-refractivity contribution in [2.45, 2.75) is 52.4 Å². The van der Waals surface area contributed by atoms with Gasteiger partial charge in [0, 0.05) is 16.9 Å². The molecule has 2 N–H and O–H groups in total. The van der Waals surface area contributed by atoms with Crippen LogP contribution in [0.2, 0.25) is 0 Å². The standard InChI is InChI=1S/C29H33BrN2O3/c1-28(2,3)20-9-7-19(8-10-20)27(34)32-23-14-12-22(13-15-23)31-26(33)18-35-25-16-11-21(17-24(25)30)29(4,5)6/h7-17H,18H2,1-6H3,(H,31,33)(H,32,34). The van der Waals surface area contributed by atoms with E-state index in [1.165, 1.54) is 11.1 Å². The first kappa shape index (κ1) is 26.5. The highest BCUT2D eigenvalue weighted by Gasteiger charge is 2.16. The van der Waals surface area contributed by atoms with Crippen LogP contribution in [-0.4, -0.2) is 18.4 Å². The van der Waals surface area contributed by atoms with Crippen LogP contribution in [0, 0.1) is 0 Å². The molecule has 3 aromatic carbocycles. The maximum atomic E-state index is 12.6. The van der Waals surface area contributed by atoms with Gasteiger partial charge in [-0.05, 0) is 86.4 Å². The van der Waals surface area contributed by atoms with Crippen LogP contribution in [0.4, 0.5) is 11.4 Å². The molecule has 0 aliphatic carbocycles. The highest BCUT2D eigenvalue weighted by atomic mass is 79.9. The molecule has 0 aliphatic rings. The molecule has 0 fully saturated rings. The number of anilines is 2. The minimum atomic E-state index is -0.271. The normalized spacial score (nSPS) is 11.6. The summed E-state index contributed by atoms with van der Waals surface area (Å²) in [7, 11) is 0. The maximum Gasteiger partial charge on any atom is 0.262 e. The Balaban J connectivity index is 1.53. The number of nitrogens with one attached hydrogen (secondary N) is 2. The maximum absolute atomic E-state index is 12.6. The molecule has 5 nitrogen and oxygen atoms in total. The Morgan fingerprint density at radius 3 is 1.77 bits per heavy atom. The third-order valence-electron chi connectivity index (χ3n) is 5.60. The molecule has 2 amide bonds. The van der Waals surface area contributed by atoms with E-state index in [4.69, 9.17) is 4.74 Å². The van der Waals surface area contributed by atoms with Gasteiger partial charge in [-0.3, -0.25) is 9.59 Å². The first-order valence-electron chi connectivity index (χ1n) is 11.6. The van der Waals surface area contributed by atoms with E-state index in [2.05, 4.69) is 68.1 Å². The molecule has 0 bridgehead atoms. The summed E-state index contributed by atoms with van der Waals surface area (Å²) in [6, 6.07) is 20.5. The van der Waals surface area contributed by atoms with Crippen LogP contribution < -0.4 is 15.4 Å². The zero-order chi connectivity index (χ0) is 25.8. The van der Waals surface area contributed by atoms with Crippen molar-refractivity contribution in [2.24, 2.45) is 0 Å². The number of rotatable bonds is 6. The van der Waals surface area contributed by atoms with E-state index in [1.807, 2.05) is 42.5 Å². The van der Waals surface area contributed by atoms with Gasteiger partial charge in [-0.2, -0.15) is 0 Å². The van der Waals surface area contributed by atoms with Gasteiger partial charge in [-0.15, -0.1) is 0 Å². The summed E-state index contributed by atoms with van der Waals surface area (Å²) in [5.41, 5.74) is 4.27. The third kappa shape index (κ3) is 7.43. The largest absolute Gasteiger partial charge is 0.483 e. The lowest BCUT2D eigenvalue weighted by Crippen LogP contribution is -2.20. The first-order valence-corrected chi connectivity index (χ1v) is 12.4. The molecular weight excluding hydrogens is 504 g/mol. The molecule has 6 heteroatoms. The fourth-order valence-electron chi connectivity index (χ4n) is 3.39. The van der Waals surface area contributed by atoms with E-state index in [0.717, 1.165) is 4.47 Å². The van der Waals surface area contributed by atoms with Gasteiger partial charge in [0.1, 0.15) is 5.75 Å². The topological polar surface area (TPSA) is 67.4 Å². The number of hydrogen-bond donors (Lipinski definition) is 2. The van der Waals surface area contributed by atoms with Crippen molar-refractivity contribution in [2.75, 3.05) is 17.2 Å². The summed E-state index contributed by atoms with van der Waals surface area (Å²) in [6.07, 6.45) is 0. The van der Waals surface area contributed by atoms with Gasteiger partial charge >= 0.3 is 0 Å². The molecule has 0 saturated heterocycles. The third-order valence-corrected chi connectivity index (χ3v) is 6.22. The van der Waals surface area contributed by atoms with Crippen molar-refractivity contribution >= 4 is 39.1 Å². The monoisotopic (exact) mass is 536 g/mol. The van der Waals surface area contributed by atoms with E-state index in [-0.39, 0.29) is 29.3 Å². The van der Waals surface area contributed by atoms with Crippen LogP contribution in [0.3, 0.4) is 0 Å². The average molecular weight is 537 g/mol. The van der Waals surface area contributed by atoms with Crippen LogP contribution in [0.15, 0.2) is 71.2 Å². The number of carbonyl (C=O) groups is 2. The first-order chi connectivity index (χ1) is 16.3. The summed E-state index contributed by atoms with van der Waals surface area (Å²) >= 11 is 3.52. The van der Waals surface area contributed by atoms with Gasteiger partial charge in [0.25, 0.3) is 11.8 Å². The number of carbonyl (C=O) groups excluding carboxylic acids is 2. The molecule has 0 aromatic heterocycles. The Bertz CT molecular complexity index is 1190. The number of benzene rings is 3. The zero-order valence-corrected chi connectivity index (χ0v) is 22.7. The summed E-state index contributed by atoms with van der Waals surface area (Å²) < 4.78 is 6.49. The van der Waals surface area contributed by atoms with Crippen molar-refractivity contribution in [3.05, 3.63) is 87.9 Å². The highest BCUT2D eigenvalue weighted by Crippen LogP contribution is 2.31. The van der Waals surface area contributed by atoms with Gasteiger partial charge in [0.05, 0.1) is 4.47 Å². The van der Waals surface area contributed by atoms with E-state index in [9.17, 15) is 9.59 Å². The van der Waals surface area contributed by atoms with Gasteiger partial charge in [0.2, 0.25) is 0 Å². The average Bonchev–Trinajstić information content (AvgIpc) is 2.78. The predicted octanol–water partition coefficient (Wildman–Crippen LogP) is 7.31. The second kappa shape index (κ2) is 10.6. The highest BCUT2D eigenvalue weighted by molar-refractivity contribution is 9.10. The van der Waals surface area contributed by atoms with E-state index < -0.39 is 0 Å². The number of hydrogen-bond acceptors (Lipinski definition) is 3. The molecular formula is C29H33BrN2O3. The van der Waals surface area contributed by atoms with Crippen molar-refractivity contribution in [3.8, 4) is 5.75 Å². The fraction of sp³-hybridized carbons (Fsp3) is 0.310. The molecule has 184 valence electrons. The lowest BCUT2D eigenvalue weighted by atomic mass is 9.87. The predicted molar refractivity (Wildman–Crippen MR) is 147 cm³/mol. The molecule has 0 aliphatic heterocycles. The molecule has 3 aromatic rings. The van der Waals surface area contributed by atoms with E-state index in [0.29, 0.717) is 22.7 Å². The molecule has 35 heavy (non-hydrogen) atoms. The van der Waals surface area contributed by atoms with Crippen LogP contribution >= 0.6 is 15.9 Å². The molecule has 0 saturated carbocycles. The zero-order valence-electron chi connectivity index (χ0n) is 21.2. The van der Waals surface area contributed by atoms with Gasteiger partial charge in [-0.1, -0.05) is 59.7 Å². The minimum absolute atomic E-state index is 0.0287. The molecule has 0 unspecified atom stereocenters. The van der Waals surface area contributed by atoms with E-state index >= 15 is 0 Å². The SMILES string of the molecule is CC(C)(C)c1ccc(C(=O)Nc2ccc(NC(=O)COc3ccc(C(C)(C)C)cc3Br)cc2)cc1. The molecule has 0 spiro atoms. The Morgan fingerprint density at radius 2 is 1.26 bits per heavy atom. The van der Waals surface area contributed by atoms with Crippen LogP contribution in [0.1, 0.15) is 63.0 Å². The Labute approximate surface area is 216 Å². The van der Waals surface area contributed by atoms with Gasteiger partial charge in [0.15, 0.2) is 6.61 Å². The summed E-state index contributed by atoms with van der Waals surface area (Å²) in [6.45, 7) is 12.7. The smallest absolute Gasteiger partial charge is 0.262 e. The summed E-state index contributed by atoms with van der Waals surface area (Å²) in [4.78, 5) is 24.9.